The maximum Gasteiger partial charge on any atom is 0.278 e. The average molecular weight is 342 g/mol. The van der Waals surface area contributed by atoms with Crippen LogP contribution in [0.2, 0.25) is 0 Å². The second-order valence-electron chi connectivity index (χ2n) is 3.57. The number of H-pyrrole nitrogens is 1. The maximum absolute atomic E-state index is 11.9. The summed E-state index contributed by atoms with van der Waals surface area (Å²) in [4.78, 5) is 11.9. The zero-order valence-electron chi connectivity index (χ0n) is 9.12. The molecule has 0 aliphatic carbocycles. The summed E-state index contributed by atoms with van der Waals surface area (Å²) in [5, 5.41) is 9.28. The minimum absolute atomic E-state index is 0.223. The molecule has 0 spiro atoms. The fourth-order valence-electron chi connectivity index (χ4n) is 1.33. The van der Waals surface area contributed by atoms with E-state index in [1.165, 1.54) is 0 Å². The van der Waals surface area contributed by atoms with E-state index in [1.807, 2.05) is 24.3 Å². The Morgan fingerprint density at radius 1 is 1.41 bits per heavy atom. The van der Waals surface area contributed by atoms with Gasteiger partial charge in [0.2, 0.25) is 0 Å². The topological polar surface area (TPSA) is 83.8 Å². The van der Waals surface area contributed by atoms with Crippen molar-refractivity contribution in [2.45, 2.75) is 6.92 Å². The van der Waals surface area contributed by atoms with Crippen molar-refractivity contribution in [3.8, 4) is 0 Å². The molecule has 0 saturated carbocycles. The molecule has 2 aromatic rings. The molecule has 0 fully saturated rings. The molecule has 0 bridgehead atoms. The lowest BCUT2D eigenvalue weighted by Crippen LogP contribution is -2.14. The summed E-state index contributed by atoms with van der Waals surface area (Å²) in [5.74, 6) is -0.312. The first-order valence-corrected chi connectivity index (χ1v) is 6.03. The molecule has 0 atom stereocenters. The van der Waals surface area contributed by atoms with Gasteiger partial charge < -0.3 is 11.1 Å². The van der Waals surface area contributed by atoms with Crippen LogP contribution in [-0.2, 0) is 0 Å². The summed E-state index contributed by atoms with van der Waals surface area (Å²) in [7, 11) is 0. The van der Waals surface area contributed by atoms with Gasteiger partial charge in [0, 0.05) is 9.26 Å². The highest BCUT2D eigenvalue weighted by Gasteiger charge is 2.15. The minimum atomic E-state index is -0.312. The zero-order valence-corrected chi connectivity index (χ0v) is 11.3. The third kappa shape index (κ3) is 2.57. The first-order chi connectivity index (χ1) is 8.08. The van der Waals surface area contributed by atoms with Gasteiger partial charge in [-0.2, -0.15) is 5.10 Å². The van der Waals surface area contributed by atoms with Crippen molar-refractivity contribution in [3.05, 3.63) is 39.2 Å². The number of aryl methyl sites for hydroxylation is 1. The number of anilines is 2. The number of hydrogen-bond donors (Lipinski definition) is 3. The molecule has 88 valence electrons. The van der Waals surface area contributed by atoms with Gasteiger partial charge in [-0.1, -0.05) is 0 Å². The fourth-order valence-corrected chi connectivity index (χ4v) is 1.69. The summed E-state index contributed by atoms with van der Waals surface area (Å²) in [6.45, 7) is 1.77. The van der Waals surface area contributed by atoms with E-state index in [0.29, 0.717) is 11.4 Å². The van der Waals surface area contributed by atoms with Gasteiger partial charge in [-0.3, -0.25) is 9.89 Å². The molecule has 0 radical (unpaired) electrons. The van der Waals surface area contributed by atoms with Crippen molar-refractivity contribution >= 4 is 39.9 Å². The van der Waals surface area contributed by atoms with Gasteiger partial charge in [0.15, 0.2) is 5.69 Å². The standard InChI is InChI=1S/C11H11IN4O/c1-6-9(13)10(16-15-6)11(17)14-8-4-2-7(12)3-5-8/h2-5H,13H2,1H3,(H,14,17)(H,15,16). The van der Waals surface area contributed by atoms with E-state index in [9.17, 15) is 4.79 Å². The molecule has 4 N–H and O–H groups in total. The normalized spacial score (nSPS) is 10.2. The van der Waals surface area contributed by atoms with Gasteiger partial charge in [-0.05, 0) is 53.8 Å². The van der Waals surface area contributed by atoms with Gasteiger partial charge in [0.25, 0.3) is 5.91 Å². The first kappa shape index (κ1) is 11.9. The van der Waals surface area contributed by atoms with Gasteiger partial charge in [-0.15, -0.1) is 0 Å². The van der Waals surface area contributed by atoms with Crippen LogP contribution in [0.15, 0.2) is 24.3 Å². The molecule has 1 aromatic heterocycles. The van der Waals surface area contributed by atoms with E-state index >= 15 is 0 Å². The van der Waals surface area contributed by atoms with Crippen LogP contribution in [0.5, 0.6) is 0 Å². The predicted molar refractivity (Wildman–Crippen MR) is 74.8 cm³/mol. The van der Waals surface area contributed by atoms with E-state index in [1.54, 1.807) is 6.92 Å². The lowest BCUT2D eigenvalue weighted by molar-refractivity contribution is 0.102. The number of amides is 1. The monoisotopic (exact) mass is 342 g/mol. The lowest BCUT2D eigenvalue weighted by atomic mass is 10.2. The molecular formula is C11H11IN4O. The number of nitrogens with two attached hydrogens (primary N) is 1. The Balaban J connectivity index is 2.17. The summed E-state index contributed by atoms with van der Waals surface area (Å²) in [6.07, 6.45) is 0. The maximum atomic E-state index is 11.9. The molecule has 0 aliphatic rings. The van der Waals surface area contributed by atoms with Crippen LogP contribution in [-0.4, -0.2) is 16.1 Å². The van der Waals surface area contributed by atoms with E-state index in [2.05, 4.69) is 38.1 Å². The smallest absolute Gasteiger partial charge is 0.278 e. The Kier molecular flexibility index (Phi) is 3.32. The number of nitrogens with one attached hydrogen (secondary N) is 2. The molecule has 5 nitrogen and oxygen atoms in total. The Morgan fingerprint density at radius 2 is 2.06 bits per heavy atom. The summed E-state index contributed by atoms with van der Waals surface area (Å²) in [5.41, 5.74) is 7.74. The zero-order chi connectivity index (χ0) is 12.4. The number of hydrogen-bond acceptors (Lipinski definition) is 3. The Bertz CT molecular complexity index is 547. The number of rotatable bonds is 2. The quantitative estimate of drug-likeness (QED) is 0.732. The Morgan fingerprint density at radius 3 is 2.59 bits per heavy atom. The largest absolute Gasteiger partial charge is 0.395 e. The number of aromatic nitrogens is 2. The number of halogens is 1. The highest BCUT2D eigenvalue weighted by atomic mass is 127. The molecule has 17 heavy (non-hydrogen) atoms. The van der Waals surface area contributed by atoms with Crippen LogP contribution in [0, 0.1) is 10.5 Å². The van der Waals surface area contributed by atoms with E-state index in [0.717, 1.165) is 9.26 Å². The fraction of sp³-hybridized carbons (Fsp3) is 0.0909. The third-order valence-corrected chi connectivity index (χ3v) is 3.03. The third-order valence-electron chi connectivity index (χ3n) is 2.31. The molecule has 1 aromatic carbocycles. The van der Waals surface area contributed by atoms with Gasteiger partial charge in [0.05, 0.1) is 11.4 Å². The summed E-state index contributed by atoms with van der Waals surface area (Å²) >= 11 is 2.20. The first-order valence-electron chi connectivity index (χ1n) is 4.95. The van der Waals surface area contributed by atoms with Crippen LogP contribution < -0.4 is 11.1 Å². The molecule has 0 saturated heterocycles. The van der Waals surface area contributed by atoms with E-state index in [4.69, 9.17) is 5.73 Å². The van der Waals surface area contributed by atoms with Crippen molar-refractivity contribution < 1.29 is 4.79 Å². The second kappa shape index (κ2) is 4.74. The van der Waals surface area contributed by atoms with Crippen molar-refractivity contribution in [3.63, 3.8) is 0 Å². The van der Waals surface area contributed by atoms with Gasteiger partial charge in [0.1, 0.15) is 0 Å². The number of carbonyl (C=O) groups is 1. The molecule has 0 aliphatic heterocycles. The second-order valence-corrected chi connectivity index (χ2v) is 4.82. The number of benzene rings is 1. The van der Waals surface area contributed by atoms with Gasteiger partial charge >= 0.3 is 0 Å². The molecule has 1 heterocycles. The summed E-state index contributed by atoms with van der Waals surface area (Å²) in [6, 6.07) is 7.48. The number of carbonyl (C=O) groups excluding carboxylic acids is 1. The lowest BCUT2D eigenvalue weighted by Gasteiger charge is -2.03. The van der Waals surface area contributed by atoms with Crippen LogP contribution in [0.3, 0.4) is 0 Å². The Hall–Kier alpha value is -1.57. The number of nitrogens with zero attached hydrogens (tertiary/aromatic N) is 1. The van der Waals surface area contributed by atoms with Crippen LogP contribution >= 0.6 is 22.6 Å². The van der Waals surface area contributed by atoms with E-state index in [-0.39, 0.29) is 11.6 Å². The van der Waals surface area contributed by atoms with Crippen LogP contribution in [0.4, 0.5) is 11.4 Å². The average Bonchev–Trinajstić information content (AvgIpc) is 2.63. The van der Waals surface area contributed by atoms with Crippen LogP contribution in [0.1, 0.15) is 16.2 Å². The van der Waals surface area contributed by atoms with E-state index < -0.39 is 0 Å². The predicted octanol–water partition coefficient (Wildman–Crippen LogP) is 2.16. The molecule has 6 heteroatoms. The molecule has 2 rings (SSSR count). The number of nitrogen functional groups attached to an aromatic ring is 1. The summed E-state index contributed by atoms with van der Waals surface area (Å²) < 4.78 is 1.11. The van der Waals surface area contributed by atoms with Crippen molar-refractivity contribution in [1.29, 1.82) is 0 Å². The number of aromatic amines is 1. The molecule has 1 amide bonds. The van der Waals surface area contributed by atoms with Gasteiger partial charge in [-0.25, -0.2) is 0 Å². The van der Waals surface area contributed by atoms with Crippen molar-refractivity contribution in [2.24, 2.45) is 0 Å². The highest BCUT2D eigenvalue weighted by molar-refractivity contribution is 14.1. The van der Waals surface area contributed by atoms with Crippen LogP contribution in [0.25, 0.3) is 0 Å². The van der Waals surface area contributed by atoms with Crippen molar-refractivity contribution in [1.82, 2.24) is 10.2 Å². The SMILES string of the molecule is Cc1[nH]nc(C(=O)Nc2ccc(I)cc2)c1N. The molecular weight excluding hydrogens is 331 g/mol. The molecule has 0 unspecified atom stereocenters. The Labute approximate surface area is 112 Å². The highest BCUT2D eigenvalue weighted by Crippen LogP contribution is 2.16. The minimum Gasteiger partial charge on any atom is -0.395 e. The van der Waals surface area contributed by atoms with Crippen molar-refractivity contribution in [2.75, 3.05) is 11.1 Å².